The summed E-state index contributed by atoms with van der Waals surface area (Å²) in [5.74, 6) is 0. The molecule has 0 aliphatic rings. The molecule has 0 aliphatic carbocycles. The molecule has 1 rings (SSSR count). The Morgan fingerprint density at radius 2 is 2.35 bits per heavy atom. The number of methoxy groups -OCH3 is 1. The molecule has 17 heavy (non-hydrogen) atoms. The predicted octanol–water partition coefficient (Wildman–Crippen LogP) is 1.94. The Kier molecular flexibility index (Phi) is 4.41. The Bertz CT molecular complexity index is 475. The first-order valence-electron chi connectivity index (χ1n) is 4.35. The van der Waals surface area contributed by atoms with E-state index in [1.54, 1.807) is 0 Å². The van der Waals surface area contributed by atoms with Gasteiger partial charge in [-0.25, -0.2) is 10.2 Å². The number of carbonyl (C=O) groups excluding carboxylic acids is 1. The van der Waals surface area contributed by atoms with Gasteiger partial charge in [0.25, 0.3) is 5.69 Å². The van der Waals surface area contributed by atoms with Crippen LogP contribution in [0.15, 0.2) is 23.3 Å². The van der Waals surface area contributed by atoms with Crippen LogP contribution in [-0.2, 0) is 4.74 Å². The molecule has 0 unspecified atom stereocenters. The third-order valence-corrected chi connectivity index (χ3v) is 2.04. The van der Waals surface area contributed by atoms with Crippen LogP contribution >= 0.6 is 11.6 Å². The maximum atomic E-state index is 10.7. The number of amides is 1. The van der Waals surface area contributed by atoms with Crippen LogP contribution in [0.3, 0.4) is 0 Å². The van der Waals surface area contributed by atoms with Crippen molar-refractivity contribution >= 4 is 29.6 Å². The SMILES string of the molecule is COC(=O)NN=Cc1ccc(Cl)c([N+](=O)[O-])c1. The van der Waals surface area contributed by atoms with Gasteiger partial charge in [-0.2, -0.15) is 5.10 Å². The largest absolute Gasteiger partial charge is 0.452 e. The third kappa shape index (κ3) is 3.72. The van der Waals surface area contributed by atoms with Crippen LogP contribution in [0.25, 0.3) is 0 Å². The lowest BCUT2D eigenvalue weighted by molar-refractivity contribution is -0.384. The minimum absolute atomic E-state index is 0.0353. The number of ether oxygens (including phenoxy) is 1. The number of hydrogen-bond acceptors (Lipinski definition) is 5. The van der Waals surface area contributed by atoms with Gasteiger partial charge in [0.2, 0.25) is 0 Å². The molecular formula is C9H8ClN3O4. The zero-order chi connectivity index (χ0) is 12.8. The molecule has 1 aromatic carbocycles. The normalized spacial score (nSPS) is 10.2. The number of hydrogen-bond donors (Lipinski definition) is 1. The lowest BCUT2D eigenvalue weighted by atomic mass is 10.2. The van der Waals surface area contributed by atoms with E-state index < -0.39 is 11.0 Å². The van der Waals surface area contributed by atoms with E-state index in [0.717, 1.165) is 0 Å². The lowest BCUT2D eigenvalue weighted by Gasteiger charge is -1.97. The molecule has 8 heteroatoms. The van der Waals surface area contributed by atoms with E-state index in [4.69, 9.17) is 11.6 Å². The molecule has 1 aromatic rings. The van der Waals surface area contributed by atoms with Crippen molar-refractivity contribution in [2.24, 2.45) is 5.10 Å². The molecule has 0 fully saturated rings. The van der Waals surface area contributed by atoms with Crippen LogP contribution in [0.4, 0.5) is 10.5 Å². The molecule has 0 aromatic heterocycles. The molecule has 0 spiro atoms. The van der Waals surface area contributed by atoms with Gasteiger partial charge in [-0.1, -0.05) is 17.7 Å². The Morgan fingerprint density at radius 3 is 2.94 bits per heavy atom. The molecule has 0 saturated carbocycles. The van der Waals surface area contributed by atoms with Crippen molar-refractivity contribution in [1.82, 2.24) is 5.43 Å². The molecule has 0 saturated heterocycles. The highest BCUT2D eigenvalue weighted by atomic mass is 35.5. The molecule has 1 amide bonds. The number of nitrogens with zero attached hydrogens (tertiary/aromatic N) is 2. The standard InChI is InChI=1S/C9H8ClN3O4/c1-17-9(14)12-11-5-6-2-3-7(10)8(4-6)13(15)16/h2-5H,1H3,(H,12,14). The summed E-state index contributed by atoms with van der Waals surface area (Å²) in [6, 6.07) is 4.14. The molecule has 1 N–H and O–H groups in total. The van der Waals surface area contributed by atoms with Gasteiger partial charge in [0.05, 0.1) is 18.2 Å². The van der Waals surface area contributed by atoms with Crippen LogP contribution in [0.1, 0.15) is 5.56 Å². The van der Waals surface area contributed by atoms with Gasteiger partial charge in [-0.05, 0) is 6.07 Å². The average Bonchev–Trinajstić information content (AvgIpc) is 2.30. The first-order valence-corrected chi connectivity index (χ1v) is 4.73. The minimum atomic E-state index is -0.732. The van der Waals surface area contributed by atoms with Gasteiger partial charge in [0, 0.05) is 11.6 Å². The quantitative estimate of drug-likeness (QED) is 0.509. The Morgan fingerprint density at radius 1 is 1.65 bits per heavy atom. The van der Waals surface area contributed by atoms with E-state index in [0.29, 0.717) is 5.56 Å². The average molecular weight is 258 g/mol. The smallest absolute Gasteiger partial charge is 0.427 e. The second kappa shape index (κ2) is 5.80. The van der Waals surface area contributed by atoms with Gasteiger partial charge in [0.1, 0.15) is 5.02 Å². The van der Waals surface area contributed by atoms with E-state index in [-0.39, 0.29) is 10.7 Å². The second-order valence-corrected chi connectivity index (χ2v) is 3.24. The lowest BCUT2D eigenvalue weighted by Crippen LogP contribution is -2.16. The fourth-order valence-electron chi connectivity index (χ4n) is 0.955. The summed E-state index contributed by atoms with van der Waals surface area (Å²) in [6.07, 6.45) is 0.505. The summed E-state index contributed by atoms with van der Waals surface area (Å²) in [6.45, 7) is 0. The van der Waals surface area contributed by atoms with Gasteiger partial charge >= 0.3 is 6.09 Å². The highest BCUT2D eigenvalue weighted by molar-refractivity contribution is 6.32. The van der Waals surface area contributed by atoms with Crippen molar-refractivity contribution in [2.45, 2.75) is 0 Å². The monoisotopic (exact) mass is 257 g/mol. The molecule has 0 aliphatic heterocycles. The van der Waals surface area contributed by atoms with Crippen molar-refractivity contribution in [3.8, 4) is 0 Å². The maximum absolute atomic E-state index is 10.7. The molecular weight excluding hydrogens is 250 g/mol. The first-order chi connectivity index (χ1) is 8.04. The van der Waals surface area contributed by atoms with Crippen LogP contribution in [0.2, 0.25) is 5.02 Å². The number of nitro groups is 1. The number of benzene rings is 1. The summed E-state index contributed by atoms with van der Waals surface area (Å²) in [4.78, 5) is 20.6. The van der Waals surface area contributed by atoms with E-state index >= 15 is 0 Å². The van der Waals surface area contributed by atoms with E-state index in [9.17, 15) is 14.9 Å². The first kappa shape index (κ1) is 12.9. The summed E-state index contributed by atoms with van der Waals surface area (Å²) < 4.78 is 4.28. The Labute approximate surface area is 101 Å². The van der Waals surface area contributed by atoms with Crippen molar-refractivity contribution in [3.63, 3.8) is 0 Å². The maximum Gasteiger partial charge on any atom is 0.427 e. The van der Waals surface area contributed by atoms with Crippen molar-refractivity contribution in [1.29, 1.82) is 0 Å². The molecule has 90 valence electrons. The van der Waals surface area contributed by atoms with Crippen LogP contribution in [-0.4, -0.2) is 24.3 Å². The Hall–Kier alpha value is -2.15. The van der Waals surface area contributed by atoms with Crippen molar-refractivity contribution in [2.75, 3.05) is 7.11 Å². The van der Waals surface area contributed by atoms with Gasteiger partial charge in [-0.15, -0.1) is 0 Å². The zero-order valence-electron chi connectivity index (χ0n) is 8.71. The van der Waals surface area contributed by atoms with E-state index in [1.807, 2.05) is 5.43 Å². The molecule has 0 heterocycles. The summed E-state index contributed by atoms with van der Waals surface area (Å²) in [5.41, 5.74) is 2.25. The topological polar surface area (TPSA) is 93.8 Å². The third-order valence-electron chi connectivity index (χ3n) is 1.72. The van der Waals surface area contributed by atoms with Gasteiger partial charge in [-0.3, -0.25) is 10.1 Å². The summed E-state index contributed by atoms with van der Waals surface area (Å²) in [7, 11) is 1.19. The second-order valence-electron chi connectivity index (χ2n) is 2.83. The zero-order valence-corrected chi connectivity index (χ0v) is 9.47. The number of carbonyl (C=O) groups is 1. The highest BCUT2D eigenvalue weighted by Crippen LogP contribution is 2.24. The number of hydrazone groups is 1. The summed E-state index contributed by atoms with van der Waals surface area (Å²) >= 11 is 5.62. The number of nitrogens with one attached hydrogen (secondary N) is 1. The van der Waals surface area contributed by atoms with E-state index in [1.165, 1.54) is 31.5 Å². The predicted molar refractivity (Wildman–Crippen MR) is 61.2 cm³/mol. The van der Waals surface area contributed by atoms with Crippen molar-refractivity contribution in [3.05, 3.63) is 38.9 Å². The molecule has 0 bridgehead atoms. The number of rotatable bonds is 3. The molecule has 7 nitrogen and oxygen atoms in total. The van der Waals surface area contributed by atoms with Gasteiger partial charge < -0.3 is 4.74 Å². The fourth-order valence-corrected chi connectivity index (χ4v) is 1.14. The van der Waals surface area contributed by atoms with E-state index in [2.05, 4.69) is 9.84 Å². The molecule has 0 atom stereocenters. The number of halogens is 1. The minimum Gasteiger partial charge on any atom is -0.452 e. The highest BCUT2D eigenvalue weighted by Gasteiger charge is 2.11. The molecule has 0 radical (unpaired) electrons. The fraction of sp³-hybridized carbons (Fsp3) is 0.111. The summed E-state index contributed by atoms with van der Waals surface area (Å²) in [5, 5.41) is 14.2. The van der Waals surface area contributed by atoms with Crippen LogP contribution < -0.4 is 5.43 Å². The van der Waals surface area contributed by atoms with Crippen LogP contribution in [0, 0.1) is 10.1 Å². The van der Waals surface area contributed by atoms with Gasteiger partial charge in [0.15, 0.2) is 0 Å². The number of nitro benzene ring substituents is 1. The van der Waals surface area contributed by atoms with Crippen LogP contribution in [0.5, 0.6) is 0 Å². The van der Waals surface area contributed by atoms with Crippen molar-refractivity contribution < 1.29 is 14.5 Å². The Balaban J connectivity index is 2.82.